The second-order valence-electron chi connectivity index (χ2n) is 2.07. The van der Waals surface area contributed by atoms with Crippen molar-refractivity contribution in [1.29, 1.82) is 0 Å². The van der Waals surface area contributed by atoms with Gasteiger partial charge in [0.05, 0.1) is 13.3 Å². The second kappa shape index (κ2) is 6.05. The summed E-state index contributed by atoms with van der Waals surface area (Å²) in [6.07, 6.45) is 0. The number of nitrogens with one attached hydrogen (secondary N) is 1. The highest BCUT2D eigenvalue weighted by Crippen LogP contribution is 1.96. The largest absolute Gasteiger partial charge is 0.366 e. The van der Waals surface area contributed by atoms with E-state index < -0.39 is 0 Å². The Kier molecular flexibility index (Phi) is 5.99. The first kappa shape index (κ1) is 8.92. The normalized spacial score (nSPS) is 26.3. The molecule has 2 heteroatoms. The summed E-state index contributed by atoms with van der Waals surface area (Å²) >= 11 is 0. The third-order valence-corrected chi connectivity index (χ3v) is 1.10. The number of rotatable bonds is 0. The minimum atomic E-state index is 0.703. The van der Waals surface area contributed by atoms with Crippen molar-refractivity contribution in [2.75, 3.05) is 19.9 Å². The zero-order chi connectivity index (χ0) is 7.11. The summed E-state index contributed by atoms with van der Waals surface area (Å²) < 4.78 is 5.07. The van der Waals surface area contributed by atoms with Gasteiger partial charge >= 0.3 is 0 Å². The van der Waals surface area contributed by atoms with Crippen molar-refractivity contribution >= 4 is 0 Å². The molecule has 1 aliphatic heterocycles. The standard InChI is InChI=1S/C5H11NO.C2H6/c1-5-2-6-4-7-3-5;1-2/h5-6H,2-4H2,1H3;1-2H3. The highest BCUT2D eigenvalue weighted by molar-refractivity contribution is 4.56. The van der Waals surface area contributed by atoms with Crippen LogP contribution in [-0.4, -0.2) is 19.9 Å². The van der Waals surface area contributed by atoms with Crippen molar-refractivity contribution in [3.63, 3.8) is 0 Å². The Morgan fingerprint density at radius 2 is 2.11 bits per heavy atom. The van der Waals surface area contributed by atoms with Crippen molar-refractivity contribution in [2.45, 2.75) is 20.8 Å². The van der Waals surface area contributed by atoms with Gasteiger partial charge in [-0.05, 0) is 5.92 Å². The molecule has 1 N–H and O–H groups in total. The van der Waals surface area contributed by atoms with Crippen LogP contribution in [0.4, 0.5) is 0 Å². The van der Waals surface area contributed by atoms with Gasteiger partial charge in [0, 0.05) is 6.54 Å². The third-order valence-electron chi connectivity index (χ3n) is 1.10. The average molecular weight is 131 g/mol. The quantitative estimate of drug-likeness (QED) is 0.534. The van der Waals surface area contributed by atoms with E-state index in [1.807, 2.05) is 13.8 Å². The van der Waals surface area contributed by atoms with Crippen molar-refractivity contribution in [1.82, 2.24) is 5.32 Å². The number of ether oxygens (including phenoxy) is 1. The summed E-state index contributed by atoms with van der Waals surface area (Å²) in [7, 11) is 0. The molecule has 0 spiro atoms. The molecule has 0 aliphatic carbocycles. The average Bonchev–Trinajstić information content (AvgIpc) is 1.94. The first-order valence-corrected chi connectivity index (χ1v) is 3.68. The van der Waals surface area contributed by atoms with Crippen LogP contribution in [0.5, 0.6) is 0 Å². The predicted molar refractivity (Wildman–Crippen MR) is 39.3 cm³/mol. The molecule has 56 valence electrons. The Balaban J connectivity index is 0.000000291. The van der Waals surface area contributed by atoms with Crippen LogP contribution in [0.2, 0.25) is 0 Å². The van der Waals surface area contributed by atoms with Gasteiger partial charge in [-0.3, -0.25) is 5.32 Å². The van der Waals surface area contributed by atoms with Crippen LogP contribution in [0.15, 0.2) is 0 Å². The van der Waals surface area contributed by atoms with E-state index in [9.17, 15) is 0 Å². The maximum absolute atomic E-state index is 5.07. The Morgan fingerprint density at radius 1 is 1.44 bits per heavy atom. The molecule has 1 fully saturated rings. The SMILES string of the molecule is CC.CC1CNCOC1. The fourth-order valence-corrected chi connectivity index (χ4v) is 0.697. The molecule has 9 heavy (non-hydrogen) atoms. The molecule has 1 unspecified atom stereocenters. The summed E-state index contributed by atoms with van der Waals surface area (Å²) in [6.45, 7) is 8.95. The smallest absolute Gasteiger partial charge is 0.0965 e. The molecule has 0 aromatic heterocycles. The van der Waals surface area contributed by atoms with Gasteiger partial charge in [-0.2, -0.15) is 0 Å². The van der Waals surface area contributed by atoms with Crippen molar-refractivity contribution in [3.05, 3.63) is 0 Å². The van der Waals surface area contributed by atoms with Gasteiger partial charge in [-0.15, -0.1) is 0 Å². The molecular formula is C7H17NO. The van der Waals surface area contributed by atoms with E-state index in [-0.39, 0.29) is 0 Å². The Morgan fingerprint density at radius 3 is 2.33 bits per heavy atom. The lowest BCUT2D eigenvalue weighted by atomic mass is 10.2. The van der Waals surface area contributed by atoms with Crippen LogP contribution in [0, 0.1) is 5.92 Å². The summed E-state index contributed by atoms with van der Waals surface area (Å²) in [5.74, 6) is 0.703. The zero-order valence-corrected chi connectivity index (χ0v) is 6.61. The Bertz CT molecular complexity index is 50.9. The van der Waals surface area contributed by atoms with Gasteiger partial charge in [0.15, 0.2) is 0 Å². The van der Waals surface area contributed by atoms with Crippen LogP contribution < -0.4 is 5.32 Å². The van der Waals surface area contributed by atoms with Crippen LogP contribution in [0.1, 0.15) is 20.8 Å². The molecule has 0 aromatic carbocycles. The first-order chi connectivity index (χ1) is 4.39. The van der Waals surface area contributed by atoms with Gasteiger partial charge in [0.25, 0.3) is 0 Å². The van der Waals surface area contributed by atoms with Gasteiger partial charge in [-0.25, -0.2) is 0 Å². The minimum absolute atomic E-state index is 0.703. The van der Waals surface area contributed by atoms with Crippen LogP contribution in [0.25, 0.3) is 0 Å². The van der Waals surface area contributed by atoms with Gasteiger partial charge < -0.3 is 4.74 Å². The molecule has 1 heterocycles. The lowest BCUT2D eigenvalue weighted by Gasteiger charge is -2.18. The van der Waals surface area contributed by atoms with Crippen molar-refractivity contribution in [3.8, 4) is 0 Å². The van der Waals surface area contributed by atoms with Crippen LogP contribution in [0.3, 0.4) is 0 Å². The van der Waals surface area contributed by atoms with Gasteiger partial charge in [-0.1, -0.05) is 20.8 Å². The fraction of sp³-hybridized carbons (Fsp3) is 1.00. The third kappa shape index (κ3) is 4.43. The summed E-state index contributed by atoms with van der Waals surface area (Å²) in [5, 5.41) is 3.11. The predicted octanol–water partition coefficient (Wildman–Crippen LogP) is 1.23. The molecule has 1 saturated heterocycles. The molecule has 1 aliphatic rings. The molecule has 2 nitrogen and oxygen atoms in total. The molecular weight excluding hydrogens is 114 g/mol. The van der Waals surface area contributed by atoms with E-state index in [1.54, 1.807) is 0 Å². The minimum Gasteiger partial charge on any atom is -0.366 e. The van der Waals surface area contributed by atoms with Crippen molar-refractivity contribution < 1.29 is 4.74 Å². The molecule has 1 rings (SSSR count). The fourth-order valence-electron chi connectivity index (χ4n) is 0.697. The molecule has 1 atom stereocenters. The maximum atomic E-state index is 5.07. The maximum Gasteiger partial charge on any atom is 0.0965 e. The van der Waals surface area contributed by atoms with Crippen molar-refractivity contribution in [2.24, 2.45) is 5.92 Å². The molecule has 0 aromatic rings. The van der Waals surface area contributed by atoms with E-state index in [0.717, 1.165) is 19.9 Å². The molecule has 0 bridgehead atoms. The van der Waals surface area contributed by atoms with Crippen LogP contribution in [-0.2, 0) is 4.74 Å². The summed E-state index contributed by atoms with van der Waals surface area (Å²) in [4.78, 5) is 0. The number of hydrogen-bond donors (Lipinski definition) is 1. The van der Waals surface area contributed by atoms with E-state index in [0.29, 0.717) is 5.92 Å². The Labute approximate surface area is 57.6 Å². The monoisotopic (exact) mass is 131 g/mol. The lowest BCUT2D eigenvalue weighted by Crippen LogP contribution is -2.32. The molecule has 0 saturated carbocycles. The van der Waals surface area contributed by atoms with E-state index in [1.165, 1.54) is 0 Å². The van der Waals surface area contributed by atoms with E-state index >= 15 is 0 Å². The molecule has 0 amide bonds. The zero-order valence-electron chi connectivity index (χ0n) is 6.61. The van der Waals surface area contributed by atoms with Gasteiger partial charge in [0.2, 0.25) is 0 Å². The second-order valence-corrected chi connectivity index (χ2v) is 2.07. The van der Waals surface area contributed by atoms with E-state index in [4.69, 9.17) is 4.74 Å². The van der Waals surface area contributed by atoms with Crippen LogP contribution >= 0.6 is 0 Å². The first-order valence-electron chi connectivity index (χ1n) is 3.68. The summed E-state index contributed by atoms with van der Waals surface area (Å²) in [6, 6.07) is 0. The summed E-state index contributed by atoms with van der Waals surface area (Å²) in [5.41, 5.74) is 0. The van der Waals surface area contributed by atoms with Gasteiger partial charge in [0.1, 0.15) is 0 Å². The molecule has 0 radical (unpaired) electrons. The highest BCUT2D eigenvalue weighted by Gasteiger charge is 2.05. The lowest BCUT2D eigenvalue weighted by molar-refractivity contribution is 0.0522. The van der Waals surface area contributed by atoms with E-state index in [2.05, 4.69) is 12.2 Å². The highest BCUT2D eigenvalue weighted by atomic mass is 16.5. The topological polar surface area (TPSA) is 21.3 Å². The Hall–Kier alpha value is -0.0800. The number of hydrogen-bond acceptors (Lipinski definition) is 2.